The SMILES string of the molecule is CCCCCCCCSCC[C@H]1CN2CC[C@H]1C[C@H]2CNC(=O)OC(C)(C)C. The first-order valence-corrected chi connectivity index (χ1v) is 12.8. The third-order valence-electron chi connectivity index (χ3n) is 6.17. The van der Waals surface area contributed by atoms with Crippen LogP contribution in [-0.4, -0.2) is 53.8 Å². The van der Waals surface area contributed by atoms with Crippen LogP contribution in [0.25, 0.3) is 0 Å². The van der Waals surface area contributed by atoms with Crippen LogP contribution in [0, 0.1) is 11.8 Å². The van der Waals surface area contributed by atoms with E-state index in [4.69, 9.17) is 4.74 Å². The van der Waals surface area contributed by atoms with Gasteiger partial charge in [-0.15, -0.1) is 0 Å². The van der Waals surface area contributed by atoms with Crippen LogP contribution >= 0.6 is 11.8 Å². The first kappa shape index (κ1) is 23.9. The molecule has 164 valence electrons. The highest BCUT2D eigenvalue weighted by molar-refractivity contribution is 7.99. The van der Waals surface area contributed by atoms with E-state index in [1.807, 2.05) is 20.8 Å². The quantitative estimate of drug-likeness (QED) is 0.417. The topological polar surface area (TPSA) is 41.6 Å². The Morgan fingerprint density at radius 2 is 1.89 bits per heavy atom. The number of piperidine rings is 3. The van der Waals surface area contributed by atoms with E-state index in [0.717, 1.165) is 18.4 Å². The Labute approximate surface area is 177 Å². The highest BCUT2D eigenvalue weighted by atomic mass is 32.2. The van der Waals surface area contributed by atoms with Gasteiger partial charge in [0, 0.05) is 19.1 Å². The molecule has 3 rings (SSSR count). The van der Waals surface area contributed by atoms with Gasteiger partial charge in [0.05, 0.1) is 0 Å². The maximum atomic E-state index is 11.9. The minimum atomic E-state index is -0.422. The monoisotopic (exact) mass is 412 g/mol. The average molecular weight is 413 g/mol. The summed E-state index contributed by atoms with van der Waals surface area (Å²) in [5, 5.41) is 2.99. The van der Waals surface area contributed by atoms with Gasteiger partial charge in [-0.1, -0.05) is 39.0 Å². The van der Waals surface area contributed by atoms with Crippen LogP contribution in [0.3, 0.4) is 0 Å². The molecule has 1 unspecified atom stereocenters. The molecule has 0 spiro atoms. The first-order valence-electron chi connectivity index (χ1n) is 11.7. The van der Waals surface area contributed by atoms with Crippen LogP contribution in [0.4, 0.5) is 4.79 Å². The number of carbonyl (C=O) groups is 1. The number of nitrogens with zero attached hydrogens (tertiary/aromatic N) is 1. The molecule has 3 heterocycles. The Morgan fingerprint density at radius 1 is 1.14 bits per heavy atom. The summed E-state index contributed by atoms with van der Waals surface area (Å²) in [7, 11) is 0. The number of rotatable bonds is 12. The number of nitrogens with one attached hydrogen (secondary N) is 1. The molecular weight excluding hydrogens is 368 g/mol. The van der Waals surface area contributed by atoms with Crippen molar-refractivity contribution in [2.75, 3.05) is 31.1 Å². The van der Waals surface area contributed by atoms with Gasteiger partial charge in [-0.25, -0.2) is 4.79 Å². The molecule has 1 amide bonds. The lowest BCUT2D eigenvalue weighted by atomic mass is 9.74. The predicted molar refractivity (Wildman–Crippen MR) is 121 cm³/mol. The zero-order valence-electron chi connectivity index (χ0n) is 18.8. The molecule has 3 saturated heterocycles. The van der Waals surface area contributed by atoms with E-state index in [2.05, 4.69) is 28.9 Å². The largest absolute Gasteiger partial charge is 0.444 e. The highest BCUT2D eigenvalue weighted by Crippen LogP contribution is 2.38. The smallest absolute Gasteiger partial charge is 0.407 e. The summed E-state index contributed by atoms with van der Waals surface area (Å²) in [5.74, 6) is 4.38. The third-order valence-corrected chi connectivity index (χ3v) is 7.27. The van der Waals surface area contributed by atoms with Crippen molar-refractivity contribution < 1.29 is 9.53 Å². The fraction of sp³-hybridized carbons (Fsp3) is 0.957. The van der Waals surface area contributed by atoms with Gasteiger partial charge in [0.1, 0.15) is 5.60 Å². The number of ether oxygens (including phenoxy) is 1. The zero-order valence-corrected chi connectivity index (χ0v) is 19.6. The molecule has 0 aromatic heterocycles. The van der Waals surface area contributed by atoms with Gasteiger partial charge < -0.3 is 10.1 Å². The summed E-state index contributed by atoms with van der Waals surface area (Å²) in [6, 6.07) is 0.498. The number of hydrogen-bond donors (Lipinski definition) is 1. The molecule has 5 heteroatoms. The Morgan fingerprint density at radius 3 is 2.57 bits per heavy atom. The molecule has 4 nitrogen and oxygen atoms in total. The maximum Gasteiger partial charge on any atom is 0.407 e. The number of fused-ring (bicyclic) bond motifs is 3. The molecule has 0 aromatic carbocycles. The van der Waals surface area contributed by atoms with Crippen molar-refractivity contribution in [3.05, 3.63) is 0 Å². The Balaban J connectivity index is 1.56. The minimum absolute atomic E-state index is 0.280. The van der Waals surface area contributed by atoms with Gasteiger partial charge in [0.2, 0.25) is 0 Å². The first-order chi connectivity index (χ1) is 13.4. The van der Waals surface area contributed by atoms with E-state index in [1.165, 1.54) is 82.4 Å². The van der Waals surface area contributed by atoms with E-state index >= 15 is 0 Å². The van der Waals surface area contributed by atoms with Crippen molar-refractivity contribution in [1.29, 1.82) is 0 Å². The maximum absolute atomic E-state index is 11.9. The summed E-state index contributed by atoms with van der Waals surface area (Å²) in [6.07, 6.45) is 12.1. The number of hydrogen-bond acceptors (Lipinski definition) is 4. The van der Waals surface area contributed by atoms with Gasteiger partial charge in [-0.3, -0.25) is 4.90 Å². The second-order valence-electron chi connectivity index (χ2n) is 9.74. The normalized spacial score (nSPS) is 27.0. The molecule has 0 aromatic rings. The molecule has 3 aliphatic heterocycles. The molecule has 3 fully saturated rings. The summed E-state index contributed by atoms with van der Waals surface area (Å²) < 4.78 is 5.37. The van der Waals surface area contributed by atoms with Gasteiger partial charge in [-0.2, -0.15) is 11.8 Å². The summed E-state index contributed by atoms with van der Waals surface area (Å²) >= 11 is 2.17. The molecule has 1 N–H and O–H groups in total. The Kier molecular flexibility index (Phi) is 10.5. The molecule has 4 atom stereocenters. The van der Waals surface area contributed by atoms with E-state index in [-0.39, 0.29) is 6.09 Å². The predicted octanol–water partition coefficient (Wildman–Crippen LogP) is 5.71. The average Bonchev–Trinajstić information content (AvgIpc) is 2.64. The molecule has 28 heavy (non-hydrogen) atoms. The van der Waals surface area contributed by atoms with Crippen molar-refractivity contribution >= 4 is 17.9 Å². The van der Waals surface area contributed by atoms with Crippen molar-refractivity contribution in [1.82, 2.24) is 10.2 Å². The number of thioether (sulfide) groups is 1. The van der Waals surface area contributed by atoms with Crippen LogP contribution in [0.2, 0.25) is 0 Å². The van der Waals surface area contributed by atoms with Gasteiger partial charge >= 0.3 is 6.09 Å². The van der Waals surface area contributed by atoms with E-state index in [0.29, 0.717) is 6.04 Å². The highest BCUT2D eigenvalue weighted by Gasteiger charge is 2.39. The molecule has 2 bridgehead atoms. The lowest BCUT2D eigenvalue weighted by Crippen LogP contribution is -2.57. The van der Waals surface area contributed by atoms with Crippen LogP contribution < -0.4 is 5.32 Å². The summed E-state index contributed by atoms with van der Waals surface area (Å²) in [5.41, 5.74) is -0.422. The van der Waals surface area contributed by atoms with Crippen LogP contribution in [0.1, 0.15) is 85.5 Å². The second kappa shape index (κ2) is 12.3. The Bertz CT molecular complexity index is 452. The molecule has 0 radical (unpaired) electrons. The number of unbranched alkanes of at least 4 members (excludes halogenated alkanes) is 5. The van der Waals surface area contributed by atoms with Crippen molar-refractivity contribution in [2.45, 2.75) is 97.1 Å². The van der Waals surface area contributed by atoms with Crippen LogP contribution in [0.5, 0.6) is 0 Å². The summed E-state index contributed by atoms with van der Waals surface area (Å²) in [6.45, 7) is 11.2. The van der Waals surface area contributed by atoms with Gasteiger partial charge in [-0.05, 0) is 76.3 Å². The minimum Gasteiger partial charge on any atom is -0.444 e. The lowest BCUT2D eigenvalue weighted by molar-refractivity contribution is -0.00165. The number of alkyl carbamates (subject to hydrolysis) is 1. The number of amides is 1. The zero-order chi connectivity index (χ0) is 20.4. The van der Waals surface area contributed by atoms with E-state index in [1.54, 1.807) is 0 Å². The van der Waals surface area contributed by atoms with Crippen molar-refractivity contribution in [3.8, 4) is 0 Å². The fourth-order valence-corrected chi connectivity index (χ4v) is 5.71. The van der Waals surface area contributed by atoms with Crippen LogP contribution in [0.15, 0.2) is 0 Å². The summed E-state index contributed by atoms with van der Waals surface area (Å²) in [4.78, 5) is 14.5. The molecule has 0 saturated carbocycles. The fourth-order valence-electron chi connectivity index (χ4n) is 4.63. The van der Waals surface area contributed by atoms with Gasteiger partial charge in [0.15, 0.2) is 0 Å². The van der Waals surface area contributed by atoms with E-state index < -0.39 is 5.60 Å². The van der Waals surface area contributed by atoms with Gasteiger partial charge in [0.25, 0.3) is 0 Å². The standard InChI is InChI=1S/C23H44N2O2S/c1-5-6-7-8-9-10-14-28-15-12-20-18-25-13-11-19(20)16-21(25)17-24-22(26)27-23(2,3)4/h19-21H,5-18H2,1-4H3,(H,24,26)/t19-,20-,21-/m0/s1. The van der Waals surface area contributed by atoms with E-state index in [9.17, 15) is 4.79 Å². The third kappa shape index (κ3) is 8.94. The molecular formula is C23H44N2O2S. The van der Waals surface area contributed by atoms with Crippen molar-refractivity contribution in [2.24, 2.45) is 11.8 Å². The Hall–Kier alpha value is -0.420. The lowest BCUT2D eigenvalue weighted by Gasteiger charge is -2.50. The number of carbonyl (C=O) groups excluding carboxylic acids is 1. The van der Waals surface area contributed by atoms with Crippen molar-refractivity contribution in [3.63, 3.8) is 0 Å². The van der Waals surface area contributed by atoms with Crippen LogP contribution in [-0.2, 0) is 4.74 Å². The molecule has 0 aliphatic carbocycles. The second-order valence-corrected chi connectivity index (χ2v) is 11.0. The molecule has 3 aliphatic rings.